The summed E-state index contributed by atoms with van der Waals surface area (Å²) < 4.78 is 5.90. The van der Waals surface area contributed by atoms with Gasteiger partial charge < -0.3 is 15.4 Å². The van der Waals surface area contributed by atoms with Crippen LogP contribution in [0.1, 0.15) is 44.7 Å². The van der Waals surface area contributed by atoms with Gasteiger partial charge in [-0.25, -0.2) is 0 Å². The first-order valence-corrected chi connectivity index (χ1v) is 8.07. The normalized spacial score (nSPS) is 14.3. The van der Waals surface area contributed by atoms with Gasteiger partial charge in [-0.3, -0.25) is 9.59 Å². The number of hydrogen-bond donors (Lipinski definition) is 2. The lowest BCUT2D eigenvalue weighted by Gasteiger charge is -2.24. The average molecular weight is 318 g/mol. The molecule has 1 aromatic carbocycles. The van der Waals surface area contributed by atoms with E-state index in [9.17, 15) is 9.59 Å². The van der Waals surface area contributed by atoms with Crippen LogP contribution in [0.25, 0.3) is 0 Å². The van der Waals surface area contributed by atoms with Gasteiger partial charge in [0.25, 0.3) is 0 Å². The summed E-state index contributed by atoms with van der Waals surface area (Å²) in [7, 11) is 0. The Bertz CT molecular complexity index is 592. The summed E-state index contributed by atoms with van der Waals surface area (Å²) in [5, 5.41) is 5.52. The predicted molar refractivity (Wildman–Crippen MR) is 89.1 cm³/mol. The highest BCUT2D eigenvalue weighted by atomic mass is 16.5. The van der Waals surface area contributed by atoms with Crippen LogP contribution in [-0.4, -0.2) is 24.0 Å². The fourth-order valence-electron chi connectivity index (χ4n) is 2.33. The zero-order valence-electron chi connectivity index (χ0n) is 14.4. The van der Waals surface area contributed by atoms with Crippen molar-refractivity contribution in [2.45, 2.75) is 52.6 Å². The zero-order valence-corrected chi connectivity index (χ0v) is 14.4. The van der Waals surface area contributed by atoms with E-state index in [2.05, 4.69) is 10.6 Å². The van der Waals surface area contributed by atoms with Gasteiger partial charge in [-0.1, -0.05) is 12.1 Å². The largest absolute Gasteiger partial charge is 0.493 e. The summed E-state index contributed by atoms with van der Waals surface area (Å²) in [5.74, 6) is 1.06. The van der Waals surface area contributed by atoms with Crippen LogP contribution >= 0.6 is 0 Å². The minimum Gasteiger partial charge on any atom is -0.493 e. The summed E-state index contributed by atoms with van der Waals surface area (Å²) in [4.78, 5) is 23.4. The third-order valence-electron chi connectivity index (χ3n) is 3.89. The van der Waals surface area contributed by atoms with E-state index in [1.165, 1.54) is 19.8 Å². The molecule has 0 radical (unpaired) electrons. The summed E-state index contributed by atoms with van der Waals surface area (Å²) in [5.41, 5.74) is 1.14. The number of amides is 2. The van der Waals surface area contributed by atoms with Crippen molar-refractivity contribution in [3.8, 4) is 5.75 Å². The Labute approximate surface area is 137 Å². The SMILES string of the molecule is CC(=O)NC(C)(C)C(=O)NCc1ccc(C)cc1OCC1CC1. The molecule has 2 amide bonds. The molecule has 0 atom stereocenters. The Morgan fingerprint density at radius 3 is 2.61 bits per heavy atom. The summed E-state index contributed by atoms with van der Waals surface area (Å²) in [6.45, 7) is 7.90. The molecule has 1 aliphatic carbocycles. The lowest BCUT2D eigenvalue weighted by molar-refractivity contribution is -0.131. The Hall–Kier alpha value is -2.04. The van der Waals surface area contributed by atoms with Gasteiger partial charge in [0.2, 0.25) is 11.8 Å². The smallest absolute Gasteiger partial charge is 0.245 e. The van der Waals surface area contributed by atoms with Crippen LogP contribution in [0.3, 0.4) is 0 Å². The maximum Gasteiger partial charge on any atom is 0.245 e. The molecule has 5 nitrogen and oxygen atoms in total. The van der Waals surface area contributed by atoms with E-state index in [1.807, 2.05) is 25.1 Å². The highest BCUT2D eigenvalue weighted by Crippen LogP contribution is 2.30. The molecule has 126 valence electrons. The van der Waals surface area contributed by atoms with Crippen molar-refractivity contribution < 1.29 is 14.3 Å². The van der Waals surface area contributed by atoms with Crippen LogP contribution < -0.4 is 15.4 Å². The minimum atomic E-state index is -0.939. The summed E-state index contributed by atoms with van der Waals surface area (Å²) in [6, 6.07) is 5.98. The number of benzene rings is 1. The van der Waals surface area contributed by atoms with Crippen molar-refractivity contribution in [3.05, 3.63) is 29.3 Å². The van der Waals surface area contributed by atoms with Gasteiger partial charge in [-0.05, 0) is 51.2 Å². The first-order chi connectivity index (χ1) is 10.8. The maximum atomic E-state index is 12.3. The number of aryl methyl sites for hydroxylation is 1. The van der Waals surface area contributed by atoms with E-state index < -0.39 is 5.54 Å². The quantitative estimate of drug-likeness (QED) is 0.811. The second-order valence-corrected chi connectivity index (χ2v) is 6.85. The van der Waals surface area contributed by atoms with Crippen molar-refractivity contribution in [1.29, 1.82) is 0 Å². The first kappa shape index (κ1) is 17.3. The maximum absolute atomic E-state index is 12.3. The van der Waals surface area contributed by atoms with Gasteiger partial charge in [0.05, 0.1) is 6.61 Å². The fourth-order valence-corrected chi connectivity index (χ4v) is 2.33. The Morgan fingerprint density at radius 1 is 1.30 bits per heavy atom. The Balaban J connectivity index is 1.98. The van der Waals surface area contributed by atoms with Crippen molar-refractivity contribution in [3.63, 3.8) is 0 Å². The lowest BCUT2D eigenvalue weighted by atomic mass is 10.0. The molecule has 1 fully saturated rings. The van der Waals surface area contributed by atoms with Gasteiger partial charge in [0.15, 0.2) is 0 Å². The predicted octanol–water partition coefficient (Wildman–Crippen LogP) is 2.31. The van der Waals surface area contributed by atoms with Gasteiger partial charge in [-0.15, -0.1) is 0 Å². The van der Waals surface area contributed by atoms with Crippen LogP contribution in [0, 0.1) is 12.8 Å². The van der Waals surface area contributed by atoms with Crippen LogP contribution in [-0.2, 0) is 16.1 Å². The molecule has 0 heterocycles. The first-order valence-electron chi connectivity index (χ1n) is 8.07. The molecule has 0 spiro atoms. The summed E-state index contributed by atoms with van der Waals surface area (Å²) in [6.07, 6.45) is 2.48. The van der Waals surface area contributed by atoms with E-state index in [-0.39, 0.29) is 11.8 Å². The molecule has 0 aromatic heterocycles. The van der Waals surface area contributed by atoms with E-state index in [0.29, 0.717) is 12.5 Å². The van der Waals surface area contributed by atoms with Gasteiger partial charge in [0, 0.05) is 19.0 Å². The second-order valence-electron chi connectivity index (χ2n) is 6.85. The molecule has 0 unspecified atom stereocenters. The molecular weight excluding hydrogens is 292 g/mol. The number of hydrogen-bond acceptors (Lipinski definition) is 3. The molecule has 1 saturated carbocycles. The van der Waals surface area contributed by atoms with Gasteiger partial charge in [-0.2, -0.15) is 0 Å². The van der Waals surface area contributed by atoms with Crippen LogP contribution in [0.15, 0.2) is 18.2 Å². The highest BCUT2D eigenvalue weighted by Gasteiger charge is 2.28. The molecule has 5 heteroatoms. The third-order valence-corrected chi connectivity index (χ3v) is 3.89. The molecule has 2 rings (SSSR count). The van der Waals surface area contributed by atoms with Crippen LogP contribution in [0.4, 0.5) is 0 Å². The van der Waals surface area contributed by atoms with Crippen molar-refractivity contribution in [1.82, 2.24) is 10.6 Å². The molecule has 0 bridgehead atoms. The number of carbonyl (C=O) groups is 2. The van der Waals surface area contributed by atoms with Crippen molar-refractivity contribution >= 4 is 11.8 Å². The number of rotatable bonds is 7. The monoisotopic (exact) mass is 318 g/mol. The molecule has 0 aliphatic heterocycles. The zero-order chi connectivity index (χ0) is 17.0. The molecule has 2 N–H and O–H groups in total. The van der Waals surface area contributed by atoms with Crippen molar-refractivity contribution in [2.24, 2.45) is 5.92 Å². The van der Waals surface area contributed by atoms with Crippen LogP contribution in [0.2, 0.25) is 0 Å². The minimum absolute atomic E-state index is 0.221. The molecule has 23 heavy (non-hydrogen) atoms. The van der Waals surface area contributed by atoms with Gasteiger partial charge in [0.1, 0.15) is 11.3 Å². The lowest BCUT2D eigenvalue weighted by Crippen LogP contribution is -2.54. The van der Waals surface area contributed by atoms with E-state index in [1.54, 1.807) is 13.8 Å². The number of carbonyl (C=O) groups excluding carboxylic acids is 2. The second kappa shape index (κ2) is 7.02. The van der Waals surface area contributed by atoms with E-state index in [4.69, 9.17) is 4.74 Å². The third kappa shape index (κ3) is 5.27. The van der Waals surface area contributed by atoms with E-state index >= 15 is 0 Å². The fraction of sp³-hybridized carbons (Fsp3) is 0.556. The molecule has 1 aromatic rings. The van der Waals surface area contributed by atoms with Crippen LogP contribution in [0.5, 0.6) is 5.75 Å². The standard InChI is InChI=1S/C18H26N2O3/c1-12-5-8-15(16(9-12)23-11-14-6-7-14)10-19-17(22)18(3,4)20-13(2)21/h5,8-9,14H,6-7,10-11H2,1-4H3,(H,19,22)(H,20,21). The Kier molecular flexibility index (Phi) is 5.29. The number of ether oxygens (including phenoxy) is 1. The topological polar surface area (TPSA) is 67.4 Å². The average Bonchev–Trinajstić information content (AvgIpc) is 3.26. The van der Waals surface area contributed by atoms with E-state index in [0.717, 1.165) is 23.5 Å². The van der Waals surface area contributed by atoms with Gasteiger partial charge >= 0.3 is 0 Å². The highest BCUT2D eigenvalue weighted by molar-refractivity contribution is 5.90. The molecular formula is C18H26N2O3. The Morgan fingerprint density at radius 2 is 2.00 bits per heavy atom. The van der Waals surface area contributed by atoms with Crippen molar-refractivity contribution in [2.75, 3.05) is 6.61 Å². The molecule has 1 aliphatic rings. The number of nitrogens with one attached hydrogen (secondary N) is 2. The summed E-state index contributed by atoms with van der Waals surface area (Å²) >= 11 is 0. The molecule has 0 saturated heterocycles.